The predicted octanol–water partition coefficient (Wildman–Crippen LogP) is 25.3. The molecule has 0 saturated heterocycles. The van der Waals surface area contributed by atoms with Gasteiger partial charge in [0.05, 0.1) is 26.4 Å². The van der Waals surface area contributed by atoms with Gasteiger partial charge < -0.3 is 34.2 Å². The first-order valence-corrected chi connectivity index (χ1v) is 45.1. The van der Waals surface area contributed by atoms with Crippen LogP contribution in [0.25, 0.3) is 0 Å². The molecule has 0 bridgehead atoms. The molecule has 109 heavy (non-hydrogen) atoms. The number of ether oxygens (including phenoxy) is 3. The maximum absolute atomic E-state index is 13.0. The molecule has 0 aromatic heterocycles. The van der Waals surface area contributed by atoms with Gasteiger partial charge in [-0.1, -0.05) is 319 Å². The first-order chi connectivity index (χ1) is 53.2. The summed E-state index contributed by atoms with van der Waals surface area (Å²) in [6.07, 6.45) is 106. The van der Waals surface area contributed by atoms with Crippen molar-refractivity contribution in [3.63, 3.8) is 0 Å². The van der Waals surface area contributed by atoms with Gasteiger partial charge in [-0.05, 0) is 161 Å². The van der Waals surface area contributed by atoms with Crippen LogP contribution in [0.2, 0.25) is 0 Å². The molecule has 0 spiro atoms. The molecule has 0 heterocycles. The highest BCUT2D eigenvalue weighted by Crippen LogP contribution is 2.45. The number of phosphoric acid groups is 2. The van der Waals surface area contributed by atoms with Crippen molar-refractivity contribution in [3.8, 4) is 0 Å². The number of allylic oxidation sites excluding steroid dienone is 30. The zero-order valence-electron chi connectivity index (χ0n) is 67.9. The third-order valence-corrected chi connectivity index (χ3v) is 19.0. The van der Waals surface area contributed by atoms with Crippen LogP contribution in [0.15, 0.2) is 182 Å². The number of hydrogen-bond donors (Lipinski definition) is 4. The summed E-state index contributed by atoms with van der Waals surface area (Å²) in [6, 6.07) is 0. The summed E-state index contributed by atoms with van der Waals surface area (Å²) in [7, 11) is -9.83. The molecule has 0 fully saturated rings. The van der Waals surface area contributed by atoms with Crippen LogP contribution in [-0.2, 0) is 55.8 Å². The third kappa shape index (κ3) is 83.4. The molecule has 16 nitrogen and oxygen atoms in total. The fourth-order valence-electron chi connectivity index (χ4n) is 10.8. The standard InChI is InChI=1S/C91H150O16P2/c1-4-7-10-13-16-19-22-25-28-31-34-37-40-41-42-43-46-48-50-53-56-59-62-65-68-71-74-77-89(94)101-80-86(92)81-103-108(97,98)104-82-87(93)83-105-109(99,100)106-85-88(107-91(96)79-76-73-70-67-64-61-58-55-52-49-45-39-36-33-30-27-24-21-18-15-12-9-6-3)84-102-90(95)78-75-72-69-66-63-60-57-54-51-47-44-38-35-32-29-26-23-20-17-14-11-8-5-2/h8-9,11-12,16-21,25-30,34-39,41-42,47,49,51-52,57,60,86-88,92-93H,4-7,10,13-15,22-24,31-33,40,43-46,48,50,53-56,58-59,61-85H2,1-3H3,(H,97,98)(H,99,100)/b11-8-,12-9-,19-16-,20-17-,21-18-,28-25-,29-26-,30-27-,37-34-,38-35-,39-36-,42-41-,51-47-,52-49-,60-57-. The van der Waals surface area contributed by atoms with E-state index in [9.17, 15) is 43.5 Å². The lowest BCUT2D eigenvalue weighted by molar-refractivity contribution is -0.161. The summed E-state index contributed by atoms with van der Waals surface area (Å²) < 4.78 is 61.3. The molecular weight excluding hydrogens is 1410 g/mol. The second kappa shape index (κ2) is 82.1. The molecule has 5 atom stereocenters. The van der Waals surface area contributed by atoms with E-state index in [1.54, 1.807) is 0 Å². The lowest BCUT2D eigenvalue weighted by Crippen LogP contribution is -2.30. The van der Waals surface area contributed by atoms with Crippen LogP contribution in [0.4, 0.5) is 0 Å². The Balaban J connectivity index is 4.72. The van der Waals surface area contributed by atoms with E-state index >= 15 is 0 Å². The number of unbranched alkanes of at least 4 members (excludes halogenated alkanes) is 25. The number of hydrogen-bond acceptors (Lipinski definition) is 14. The van der Waals surface area contributed by atoms with E-state index in [1.807, 2.05) is 0 Å². The van der Waals surface area contributed by atoms with Crippen LogP contribution in [0, 0.1) is 0 Å². The molecule has 0 aromatic carbocycles. The van der Waals surface area contributed by atoms with Gasteiger partial charge in [0.15, 0.2) is 6.10 Å². The maximum Gasteiger partial charge on any atom is 0.472 e. The van der Waals surface area contributed by atoms with Gasteiger partial charge >= 0.3 is 33.6 Å². The number of esters is 3. The van der Waals surface area contributed by atoms with Gasteiger partial charge in [0, 0.05) is 19.3 Å². The van der Waals surface area contributed by atoms with Gasteiger partial charge in [0.25, 0.3) is 0 Å². The fraction of sp³-hybridized carbons (Fsp3) is 0.637. The Hall–Kier alpha value is -5.35. The fourth-order valence-corrected chi connectivity index (χ4v) is 12.3. The zero-order chi connectivity index (χ0) is 79.4. The van der Waals surface area contributed by atoms with Crippen molar-refractivity contribution in [2.24, 2.45) is 0 Å². The van der Waals surface area contributed by atoms with Crippen molar-refractivity contribution >= 4 is 33.6 Å². The van der Waals surface area contributed by atoms with Gasteiger partial charge in [-0.3, -0.25) is 32.5 Å². The SMILES string of the molecule is CC/C=C\C/C=C\C/C=C\C/C=C\C/C=C\C/C=C\CCCCCCC(=O)OCC(COP(=O)(O)OCC(O)COP(=O)(O)OCC(O)COC(=O)CCCCCCCCCCCCC/C=C\C/C=C\C/C=C\C/C=C\CCCCC)OC(=O)CCCCCCCCC/C=C\C/C=C\C/C=C\C/C=C\C/C=C\CC. The van der Waals surface area contributed by atoms with Crippen LogP contribution >= 0.6 is 15.6 Å². The normalized spacial score (nSPS) is 14.8. The van der Waals surface area contributed by atoms with E-state index in [2.05, 4.69) is 203 Å². The number of carbonyl (C=O) groups is 3. The monoisotopic (exact) mass is 1560 g/mol. The molecule has 0 aromatic rings. The van der Waals surface area contributed by atoms with E-state index in [0.29, 0.717) is 19.3 Å². The Kier molecular flexibility index (Phi) is 78.1. The Morgan fingerprint density at radius 2 is 0.486 bits per heavy atom. The molecule has 0 saturated carbocycles. The number of phosphoric ester groups is 2. The number of aliphatic hydroxyl groups is 2. The molecule has 0 amide bonds. The highest BCUT2D eigenvalue weighted by atomic mass is 31.2. The van der Waals surface area contributed by atoms with Gasteiger partial charge in [0.1, 0.15) is 25.4 Å². The molecule has 0 radical (unpaired) electrons. The average molecular weight is 1560 g/mol. The van der Waals surface area contributed by atoms with Crippen molar-refractivity contribution in [1.29, 1.82) is 0 Å². The average Bonchev–Trinajstić information content (AvgIpc) is 0.919. The van der Waals surface area contributed by atoms with E-state index < -0.39 is 91.5 Å². The zero-order valence-corrected chi connectivity index (χ0v) is 69.7. The predicted molar refractivity (Wildman–Crippen MR) is 454 cm³/mol. The molecule has 0 aliphatic heterocycles. The van der Waals surface area contributed by atoms with Crippen LogP contribution < -0.4 is 0 Å². The van der Waals surface area contributed by atoms with Crippen LogP contribution in [0.1, 0.15) is 316 Å². The van der Waals surface area contributed by atoms with Gasteiger partial charge in [-0.15, -0.1) is 0 Å². The summed E-state index contributed by atoms with van der Waals surface area (Å²) in [4.78, 5) is 58.9. The van der Waals surface area contributed by atoms with Crippen molar-refractivity contribution in [2.75, 3.05) is 39.6 Å². The van der Waals surface area contributed by atoms with E-state index in [-0.39, 0.29) is 19.3 Å². The van der Waals surface area contributed by atoms with Crippen molar-refractivity contribution in [3.05, 3.63) is 182 Å². The molecule has 5 unspecified atom stereocenters. The molecule has 0 rings (SSSR count). The molecular formula is C91H150O16P2. The lowest BCUT2D eigenvalue weighted by atomic mass is 10.0. The summed E-state index contributed by atoms with van der Waals surface area (Å²) in [5.41, 5.74) is 0. The number of carbonyl (C=O) groups excluding carboxylic acids is 3. The molecule has 18 heteroatoms. The summed E-state index contributed by atoms with van der Waals surface area (Å²) in [5, 5.41) is 20.7. The minimum atomic E-state index is -4.95. The van der Waals surface area contributed by atoms with Crippen LogP contribution in [0.5, 0.6) is 0 Å². The number of rotatable bonds is 78. The van der Waals surface area contributed by atoms with Gasteiger partial charge in [-0.25, -0.2) is 9.13 Å². The van der Waals surface area contributed by atoms with Crippen LogP contribution in [-0.4, -0.2) is 95.9 Å². The second-order valence-corrected chi connectivity index (χ2v) is 30.4. The quantitative estimate of drug-likeness (QED) is 0.0146. The smallest absolute Gasteiger partial charge is 0.463 e. The van der Waals surface area contributed by atoms with Gasteiger partial charge in [-0.2, -0.15) is 0 Å². The first kappa shape index (κ1) is 104. The number of aliphatic hydroxyl groups excluding tert-OH is 2. The Morgan fingerprint density at radius 3 is 0.771 bits per heavy atom. The Bertz CT molecular complexity index is 2710. The summed E-state index contributed by atoms with van der Waals surface area (Å²) >= 11 is 0. The topological polar surface area (TPSA) is 231 Å². The highest BCUT2D eigenvalue weighted by molar-refractivity contribution is 7.47. The van der Waals surface area contributed by atoms with Crippen LogP contribution in [0.3, 0.4) is 0 Å². The molecule has 0 aliphatic rings. The minimum absolute atomic E-state index is 0.0777. The van der Waals surface area contributed by atoms with E-state index in [1.165, 1.54) is 70.6 Å². The molecule has 620 valence electrons. The molecule has 0 aliphatic carbocycles. The maximum atomic E-state index is 13.0. The van der Waals surface area contributed by atoms with Gasteiger partial charge in [0.2, 0.25) is 0 Å². The summed E-state index contributed by atoms with van der Waals surface area (Å²) in [5.74, 6) is -1.63. The molecule has 4 N–H and O–H groups in total. The third-order valence-electron chi connectivity index (χ3n) is 17.1. The second-order valence-electron chi connectivity index (χ2n) is 27.5. The van der Waals surface area contributed by atoms with Crippen molar-refractivity contribution in [2.45, 2.75) is 334 Å². The Morgan fingerprint density at radius 1 is 0.266 bits per heavy atom. The Labute approximate surface area is 662 Å². The largest absolute Gasteiger partial charge is 0.472 e. The van der Waals surface area contributed by atoms with Crippen molar-refractivity contribution < 1.29 is 75.8 Å². The first-order valence-electron chi connectivity index (χ1n) is 42.1. The van der Waals surface area contributed by atoms with Crippen molar-refractivity contribution in [1.82, 2.24) is 0 Å². The lowest BCUT2D eigenvalue weighted by Gasteiger charge is -2.21. The van der Waals surface area contributed by atoms with E-state index in [0.717, 1.165) is 186 Å². The minimum Gasteiger partial charge on any atom is -0.463 e. The summed E-state index contributed by atoms with van der Waals surface area (Å²) in [6.45, 7) is 2.38. The highest BCUT2D eigenvalue weighted by Gasteiger charge is 2.29. The van der Waals surface area contributed by atoms with E-state index in [4.69, 9.17) is 32.3 Å².